The molecule has 2 fully saturated rings. The Kier molecular flexibility index (Phi) is 5.70. The van der Waals surface area contributed by atoms with E-state index in [1.54, 1.807) is 0 Å². The molecule has 0 aromatic heterocycles. The maximum absolute atomic E-state index is 6.33. The summed E-state index contributed by atoms with van der Waals surface area (Å²) in [5.41, 5.74) is 0. The summed E-state index contributed by atoms with van der Waals surface area (Å²) < 4.78 is 12.1. The summed E-state index contributed by atoms with van der Waals surface area (Å²) in [6.45, 7) is 5.51. The fraction of sp³-hybridized carbons (Fsp3) is 1.00. The third-order valence-electron chi connectivity index (χ3n) is 5.65. The second-order valence-corrected chi connectivity index (χ2v) is 6.62. The van der Waals surface area contributed by atoms with Gasteiger partial charge in [-0.2, -0.15) is 0 Å². The van der Waals surface area contributed by atoms with E-state index in [1.165, 1.54) is 51.4 Å². The first-order valence-corrected chi connectivity index (χ1v) is 8.43. The van der Waals surface area contributed by atoms with Gasteiger partial charge in [0.05, 0.1) is 6.61 Å². The lowest BCUT2D eigenvalue weighted by Crippen LogP contribution is -2.40. The van der Waals surface area contributed by atoms with E-state index in [0.29, 0.717) is 5.92 Å². The van der Waals surface area contributed by atoms with E-state index < -0.39 is 0 Å². The van der Waals surface area contributed by atoms with Crippen LogP contribution < -0.4 is 0 Å². The Morgan fingerprint density at radius 1 is 0.947 bits per heavy atom. The Labute approximate surface area is 119 Å². The fourth-order valence-corrected chi connectivity index (χ4v) is 4.12. The first-order valence-electron chi connectivity index (χ1n) is 8.43. The standard InChI is InChI=1S/C17H32O2/c1-4-14-8-10-15(11-9-14)13-19-17(18-3)12-6-7-16(17)5-2/h14-16H,4-13H2,1-3H3. The maximum Gasteiger partial charge on any atom is 0.170 e. The van der Waals surface area contributed by atoms with Crippen molar-refractivity contribution in [2.24, 2.45) is 17.8 Å². The molecule has 2 aliphatic carbocycles. The SMILES string of the molecule is CCC1CCC(COC2(OC)CCCC2CC)CC1. The van der Waals surface area contributed by atoms with Crippen molar-refractivity contribution in [1.82, 2.24) is 0 Å². The maximum atomic E-state index is 6.33. The zero-order chi connectivity index (χ0) is 13.7. The second kappa shape index (κ2) is 7.08. The highest BCUT2D eigenvalue weighted by Gasteiger charge is 2.43. The number of hydrogen-bond acceptors (Lipinski definition) is 2. The zero-order valence-corrected chi connectivity index (χ0v) is 13.1. The molecule has 19 heavy (non-hydrogen) atoms. The molecular weight excluding hydrogens is 236 g/mol. The Morgan fingerprint density at radius 3 is 2.21 bits per heavy atom. The molecule has 2 nitrogen and oxygen atoms in total. The monoisotopic (exact) mass is 268 g/mol. The van der Waals surface area contributed by atoms with Crippen molar-refractivity contribution in [3.8, 4) is 0 Å². The van der Waals surface area contributed by atoms with Crippen LogP contribution in [0.2, 0.25) is 0 Å². The van der Waals surface area contributed by atoms with Gasteiger partial charge in [-0.25, -0.2) is 0 Å². The van der Waals surface area contributed by atoms with Crippen LogP contribution in [0.15, 0.2) is 0 Å². The van der Waals surface area contributed by atoms with Gasteiger partial charge in [-0.05, 0) is 43.9 Å². The van der Waals surface area contributed by atoms with Crippen molar-refractivity contribution in [1.29, 1.82) is 0 Å². The minimum absolute atomic E-state index is 0.254. The molecule has 0 aromatic carbocycles. The van der Waals surface area contributed by atoms with Crippen molar-refractivity contribution < 1.29 is 9.47 Å². The Morgan fingerprint density at radius 2 is 1.63 bits per heavy atom. The van der Waals surface area contributed by atoms with Crippen LogP contribution in [-0.4, -0.2) is 19.5 Å². The van der Waals surface area contributed by atoms with Crippen LogP contribution in [0.5, 0.6) is 0 Å². The van der Waals surface area contributed by atoms with Gasteiger partial charge in [-0.1, -0.05) is 33.1 Å². The summed E-state index contributed by atoms with van der Waals surface area (Å²) in [6, 6.07) is 0. The van der Waals surface area contributed by atoms with Gasteiger partial charge in [0.15, 0.2) is 5.79 Å². The summed E-state index contributed by atoms with van der Waals surface area (Å²) >= 11 is 0. The molecule has 0 aromatic rings. The average molecular weight is 268 g/mol. The quantitative estimate of drug-likeness (QED) is 0.646. The highest BCUT2D eigenvalue weighted by atomic mass is 16.7. The second-order valence-electron chi connectivity index (χ2n) is 6.62. The van der Waals surface area contributed by atoms with E-state index in [4.69, 9.17) is 9.47 Å². The molecule has 0 spiro atoms. The molecule has 0 radical (unpaired) electrons. The molecule has 0 aliphatic heterocycles. The zero-order valence-electron chi connectivity index (χ0n) is 13.1. The number of rotatable bonds is 6. The highest BCUT2D eigenvalue weighted by Crippen LogP contribution is 2.42. The average Bonchev–Trinajstić information content (AvgIpc) is 2.89. The van der Waals surface area contributed by atoms with E-state index in [0.717, 1.165) is 24.9 Å². The molecule has 2 atom stereocenters. The predicted octanol–water partition coefficient (Wildman–Crippen LogP) is 4.77. The molecule has 2 heteroatoms. The van der Waals surface area contributed by atoms with E-state index >= 15 is 0 Å². The molecule has 0 heterocycles. The fourth-order valence-electron chi connectivity index (χ4n) is 4.12. The number of methoxy groups -OCH3 is 1. The summed E-state index contributed by atoms with van der Waals surface area (Å²) in [7, 11) is 1.84. The lowest BCUT2D eigenvalue weighted by Gasteiger charge is -2.36. The summed E-state index contributed by atoms with van der Waals surface area (Å²) in [4.78, 5) is 0. The first kappa shape index (κ1) is 15.3. The molecule has 2 saturated carbocycles. The summed E-state index contributed by atoms with van der Waals surface area (Å²) in [5, 5.41) is 0. The van der Waals surface area contributed by atoms with Gasteiger partial charge in [0.25, 0.3) is 0 Å². The van der Waals surface area contributed by atoms with Crippen LogP contribution in [0.1, 0.15) is 71.6 Å². The van der Waals surface area contributed by atoms with Crippen LogP contribution in [0.4, 0.5) is 0 Å². The molecule has 0 amide bonds. The summed E-state index contributed by atoms with van der Waals surface area (Å²) in [6.07, 6.45) is 11.7. The normalized spacial score (nSPS) is 39.6. The van der Waals surface area contributed by atoms with Crippen molar-refractivity contribution >= 4 is 0 Å². The molecule has 0 bridgehead atoms. The Hall–Kier alpha value is -0.0800. The number of ether oxygens (including phenoxy) is 2. The van der Waals surface area contributed by atoms with Crippen molar-refractivity contribution in [3.63, 3.8) is 0 Å². The minimum Gasteiger partial charge on any atom is -0.353 e. The van der Waals surface area contributed by atoms with Gasteiger partial charge in [0, 0.05) is 19.4 Å². The van der Waals surface area contributed by atoms with Gasteiger partial charge in [0.1, 0.15) is 0 Å². The van der Waals surface area contributed by atoms with Crippen LogP contribution in [-0.2, 0) is 9.47 Å². The predicted molar refractivity (Wildman–Crippen MR) is 79.1 cm³/mol. The van der Waals surface area contributed by atoms with E-state index in [9.17, 15) is 0 Å². The largest absolute Gasteiger partial charge is 0.353 e. The molecule has 112 valence electrons. The molecular formula is C17H32O2. The van der Waals surface area contributed by atoms with Gasteiger partial charge < -0.3 is 9.47 Å². The van der Waals surface area contributed by atoms with Crippen LogP contribution in [0.3, 0.4) is 0 Å². The third kappa shape index (κ3) is 3.52. The topological polar surface area (TPSA) is 18.5 Å². The van der Waals surface area contributed by atoms with Crippen molar-refractivity contribution in [3.05, 3.63) is 0 Å². The van der Waals surface area contributed by atoms with Crippen LogP contribution >= 0.6 is 0 Å². The van der Waals surface area contributed by atoms with Gasteiger partial charge >= 0.3 is 0 Å². The van der Waals surface area contributed by atoms with E-state index in [1.807, 2.05) is 7.11 Å². The lowest BCUT2D eigenvalue weighted by atomic mass is 9.81. The van der Waals surface area contributed by atoms with Gasteiger partial charge in [0.2, 0.25) is 0 Å². The highest BCUT2D eigenvalue weighted by molar-refractivity contribution is 4.86. The molecule has 2 aliphatic rings. The Bertz CT molecular complexity index is 258. The molecule has 2 rings (SSSR count). The van der Waals surface area contributed by atoms with E-state index in [2.05, 4.69) is 13.8 Å². The smallest absolute Gasteiger partial charge is 0.170 e. The van der Waals surface area contributed by atoms with Gasteiger partial charge in [-0.3, -0.25) is 0 Å². The first-order chi connectivity index (χ1) is 9.24. The Balaban J connectivity index is 1.80. The van der Waals surface area contributed by atoms with Crippen molar-refractivity contribution in [2.45, 2.75) is 77.4 Å². The number of hydrogen-bond donors (Lipinski definition) is 0. The molecule has 0 saturated heterocycles. The molecule has 0 N–H and O–H groups in total. The van der Waals surface area contributed by atoms with Crippen molar-refractivity contribution in [2.75, 3.05) is 13.7 Å². The molecule has 2 unspecified atom stereocenters. The van der Waals surface area contributed by atoms with Crippen LogP contribution in [0.25, 0.3) is 0 Å². The van der Waals surface area contributed by atoms with Crippen LogP contribution in [0, 0.1) is 17.8 Å². The lowest BCUT2D eigenvalue weighted by molar-refractivity contribution is -0.249. The van der Waals surface area contributed by atoms with E-state index in [-0.39, 0.29) is 5.79 Å². The summed E-state index contributed by atoms with van der Waals surface area (Å²) in [5.74, 6) is 2.09. The minimum atomic E-state index is -0.254. The third-order valence-corrected chi connectivity index (χ3v) is 5.65. The van der Waals surface area contributed by atoms with Gasteiger partial charge in [-0.15, -0.1) is 0 Å².